The van der Waals surface area contributed by atoms with E-state index in [1.165, 1.54) is 16.8 Å². The van der Waals surface area contributed by atoms with E-state index >= 15 is 0 Å². The van der Waals surface area contributed by atoms with Crippen LogP contribution >= 0.6 is 0 Å². The Morgan fingerprint density at radius 1 is 1.09 bits per heavy atom. The van der Waals surface area contributed by atoms with Gasteiger partial charge >= 0.3 is 0 Å². The van der Waals surface area contributed by atoms with E-state index in [4.69, 9.17) is 0 Å². The van der Waals surface area contributed by atoms with E-state index in [0.717, 1.165) is 5.56 Å². The molecule has 0 aliphatic carbocycles. The highest BCUT2D eigenvalue weighted by Gasteiger charge is 2.10. The fourth-order valence-electron chi connectivity index (χ4n) is 2.12. The summed E-state index contributed by atoms with van der Waals surface area (Å²) in [5.41, 5.74) is 1.56. The van der Waals surface area contributed by atoms with Crippen molar-refractivity contribution >= 4 is 5.91 Å². The average Bonchev–Trinajstić information content (AvgIpc) is 3.03. The quantitative estimate of drug-likeness (QED) is 0.778. The first-order valence-corrected chi connectivity index (χ1v) is 7.06. The molecule has 3 aromatic rings. The van der Waals surface area contributed by atoms with E-state index in [0.29, 0.717) is 17.9 Å². The van der Waals surface area contributed by atoms with E-state index in [1.807, 2.05) is 30.3 Å². The van der Waals surface area contributed by atoms with Crippen LogP contribution in [0.15, 0.2) is 54.6 Å². The maximum absolute atomic E-state index is 13.0. The summed E-state index contributed by atoms with van der Waals surface area (Å²) in [4.78, 5) is 12.0. The van der Waals surface area contributed by atoms with Crippen molar-refractivity contribution in [3.63, 3.8) is 0 Å². The predicted octanol–water partition coefficient (Wildman–Crippen LogP) is 1.66. The molecule has 7 heteroatoms. The first-order chi connectivity index (χ1) is 11.2. The molecule has 0 aliphatic heterocycles. The standard InChI is InChI=1S/C16H14FN5O/c17-13-6-8-14(9-7-13)22-15(19-20-21-22)11-18-16(23)10-12-4-2-1-3-5-12/h1-9H,10-11H2,(H,18,23). The second kappa shape index (κ2) is 6.78. The fraction of sp³-hybridized carbons (Fsp3) is 0.125. The molecular formula is C16H14FN5O. The number of rotatable bonds is 5. The number of tetrazole rings is 1. The molecule has 0 saturated heterocycles. The smallest absolute Gasteiger partial charge is 0.224 e. The van der Waals surface area contributed by atoms with Crippen LogP contribution in [-0.4, -0.2) is 26.1 Å². The summed E-state index contributed by atoms with van der Waals surface area (Å²) in [7, 11) is 0. The molecule has 0 radical (unpaired) electrons. The van der Waals surface area contributed by atoms with Gasteiger partial charge in [-0.2, -0.15) is 4.68 Å². The zero-order valence-corrected chi connectivity index (χ0v) is 12.2. The normalized spacial score (nSPS) is 10.5. The summed E-state index contributed by atoms with van der Waals surface area (Å²) in [6, 6.07) is 15.3. The molecule has 1 N–H and O–H groups in total. The molecule has 3 rings (SSSR count). The molecule has 0 spiro atoms. The van der Waals surface area contributed by atoms with Crippen LogP contribution in [0.25, 0.3) is 5.69 Å². The molecule has 1 aromatic heterocycles. The number of nitrogens with zero attached hydrogens (tertiary/aromatic N) is 4. The van der Waals surface area contributed by atoms with Crippen molar-refractivity contribution in [1.82, 2.24) is 25.5 Å². The van der Waals surface area contributed by atoms with Gasteiger partial charge in [0.1, 0.15) is 5.82 Å². The average molecular weight is 311 g/mol. The monoisotopic (exact) mass is 311 g/mol. The number of amides is 1. The van der Waals surface area contributed by atoms with Crippen molar-refractivity contribution in [2.24, 2.45) is 0 Å². The zero-order chi connectivity index (χ0) is 16.1. The Kier molecular flexibility index (Phi) is 4.37. The summed E-state index contributed by atoms with van der Waals surface area (Å²) in [5, 5.41) is 14.1. The third-order valence-corrected chi connectivity index (χ3v) is 3.26. The lowest BCUT2D eigenvalue weighted by atomic mass is 10.1. The second-order valence-corrected chi connectivity index (χ2v) is 4.92. The predicted molar refractivity (Wildman–Crippen MR) is 81.1 cm³/mol. The summed E-state index contributed by atoms with van der Waals surface area (Å²) in [6.45, 7) is 0.191. The Morgan fingerprint density at radius 3 is 2.57 bits per heavy atom. The SMILES string of the molecule is O=C(Cc1ccccc1)NCc1nnnn1-c1ccc(F)cc1. The van der Waals surface area contributed by atoms with Gasteiger partial charge in [0.2, 0.25) is 5.91 Å². The van der Waals surface area contributed by atoms with Crippen molar-refractivity contribution in [3.8, 4) is 5.69 Å². The van der Waals surface area contributed by atoms with Crippen LogP contribution in [-0.2, 0) is 17.8 Å². The Labute approximate surface area is 132 Å². The molecule has 0 bridgehead atoms. The van der Waals surface area contributed by atoms with Crippen molar-refractivity contribution in [3.05, 3.63) is 71.8 Å². The van der Waals surface area contributed by atoms with Crippen LogP contribution < -0.4 is 5.32 Å². The number of hydrogen-bond acceptors (Lipinski definition) is 4. The molecular weight excluding hydrogens is 297 g/mol. The number of carbonyl (C=O) groups excluding carboxylic acids is 1. The molecule has 0 unspecified atom stereocenters. The third-order valence-electron chi connectivity index (χ3n) is 3.26. The van der Waals surface area contributed by atoms with Crippen LogP contribution in [0.4, 0.5) is 4.39 Å². The van der Waals surface area contributed by atoms with Gasteiger partial charge in [-0.1, -0.05) is 30.3 Å². The number of nitrogens with one attached hydrogen (secondary N) is 1. The van der Waals surface area contributed by atoms with Crippen LogP contribution in [0, 0.1) is 5.82 Å². The molecule has 0 saturated carbocycles. The van der Waals surface area contributed by atoms with E-state index < -0.39 is 0 Å². The molecule has 0 aliphatic rings. The first kappa shape index (κ1) is 14.8. The first-order valence-electron chi connectivity index (χ1n) is 7.06. The lowest BCUT2D eigenvalue weighted by Gasteiger charge is -2.06. The lowest BCUT2D eigenvalue weighted by Crippen LogP contribution is -2.26. The number of aromatic nitrogens is 4. The van der Waals surface area contributed by atoms with Crippen molar-refractivity contribution in [2.45, 2.75) is 13.0 Å². The summed E-state index contributed by atoms with van der Waals surface area (Å²) >= 11 is 0. The molecule has 116 valence electrons. The van der Waals surface area contributed by atoms with Gasteiger partial charge in [-0.05, 0) is 40.3 Å². The highest BCUT2D eigenvalue weighted by Crippen LogP contribution is 2.09. The third kappa shape index (κ3) is 3.76. The minimum absolute atomic E-state index is 0.121. The van der Waals surface area contributed by atoms with Gasteiger partial charge < -0.3 is 5.32 Å². The Morgan fingerprint density at radius 2 is 1.83 bits per heavy atom. The minimum Gasteiger partial charge on any atom is -0.348 e. The molecule has 1 heterocycles. The van der Waals surface area contributed by atoms with Crippen LogP contribution in [0.3, 0.4) is 0 Å². The van der Waals surface area contributed by atoms with Crippen molar-refractivity contribution in [2.75, 3.05) is 0 Å². The van der Waals surface area contributed by atoms with Crippen molar-refractivity contribution < 1.29 is 9.18 Å². The van der Waals surface area contributed by atoms with Gasteiger partial charge in [-0.15, -0.1) is 5.10 Å². The van der Waals surface area contributed by atoms with Crippen LogP contribution in [0.1, 0.15) is 11.4 Å². The highest BCUT2D eigenvalue weighted by atomic mass is 19.1. The van der Waals surface area contributed by atoms with Crippen LogP contribution in [0.2, 0.25) is 0 Å². The van der Waals surface area contributed by atoms with E-state index in [1.54, 1.807) is 12.1 Å². The Balaban J connectivity index is 1.64. The maximum Gasteiger partial charge on any atom is 0.224 e. The van der Waals surface area contributed by atoms with Crippen LogP contribution in [0.5, 0.6) is 0 Å². The number of carbonyl (C=O) groups is 1. The molecule has 0 fully saturated rings. The van der Waals surface area contributed by atoms with E-state index in [2.05, 4.69) is 20.8 Å². The Bertz CT molecular complexity index is 786. The summed E-state index contributed by atoms with van der Waals surface area (Å²) in [6.07, 6.45) is 0.291. The second-order valence-electron chi connectivity index (χ2n) is 4.92. The molecule has 2 aromatic carbocycles. The topological polar surface area (TPSA) is 72.7 Å². The van der Waals surface area contributed by atoms with Gasteiger partial charge in [-0.25, -0.2) is 4.39 Å². The van der Waals surface area contributed by atoms with Gasteiger partial charge in [0.05, 0.1) is 18.7 Å². The zero-order valence-electron chi connectivity index (χ0n) is 12.2. The van der Waals surface area contributed by atoms with Gasteiger partial charge in [0.15, 0.2) is 5.82 Å². The van der Waals surface area contributed by atoms with E-state index in [-0.39, 0.29) is 18.3 Å². The molecule has 1 amide bonds. The number of hydrogen-bond donors (Lipinski definition) is 1. The molecule has 6 nitrogen and oxygen atoms in total. The molecule has 23 heavy (non-hydrogen) atoms. The van der Waals surface area contributed by atoms with Gasteiger partial charge in [0.25, 0.3) is 0 Å². The number of benzene rings is 2. The maximum atomic E-state index is 13.0. The number of halogens is 1. The molecule has 0 atom stereocenters. The van der Waals surface area contributed by atoms with Gasteiger partial charge in [-0.3, -0.25) is 4.79 Å². The highest BCUT2D eigenvalue weighted by molar-refractivity contribution is 5.78. The fourth-order valence-corrected chi connectivity index (χ4v) is 2.12. The van der Waals surface area contributed by atoms with Gasteiger partial charge in [0, 0.05) is 0 Å². The minimum atomic E-state index is -0.334. The lowest BCUT2D eigenvalue weighted by molar-refractivity contribution is -0.120. The largest absolute Gasteiger partial charge is 0.348 e. The van der Waals surface area contributed by atoms with E-state index in [9.17, 15) is 9.18 Å². The van der Waals surface area contributed by atoms with Crippen molar-refractivity contribution in [1.29, 1.82) is 0 Å². The summed E-state index contributed by atoms with van der Waals surface area (Å²) < 4.78 is 14.4. The summed E-state index contributed by atoms with van der Waals surface area (Å²) in [5.74, 6) is 0.0161. The Hall–Kier alpha value is -3.09.